The lowest BCUT2D eigenvalue weighted by atomic mass is 9.94. The lowest BCUT2D eigenvalue weighted by Crippen LogP contribution is -2.35. The highest BCUT2D eigenvalue weighted by atomic mass is 16.5. The number of para-hydroxylation sites is 1. The Morgan fingerprint density at radius 2 is 2.15 bits per heavy atom. The number of ether oxygens (including phenoxy) is 2. The predicted octanol–water partition coefficient (Wildman–Crippen LogP) is 0.733. The molecule has 4 rings (SSSR count). The van der Waals surface area contributed by atoms with E-state index in [0.29, 0.717) is 30.0 Å². The number of carbonyl (C=O) groups is 1. The van der Waals surface area contributed by atoms with Gasteiger partial charge < -0.3 is 31.6 Å². The standard InChI is InChI=1S/C22H23N9O3/c23-8-14-18(25)17-19(29-22(28-11-24)31-21(17)30-20(14)26)13-5-1-2-6-15(13)34-10-16(32)27-9-12-4-3-7-33-12/h1-2,5-6,12,19H,3-4,7,9-10H2,(H,27,32)(H6,25,26,28,29,30,31). The molecule has 2 aromatic rings. The molecule has 2 aliphatic heterocycles. The second kappa shape index (κ2) is 9.94. The number of nitrogens with zero attached hydrogens (tertiary/aromatic N) is 4. The number of hydrogen-bond donors (Lipinski definition) is 5. The summed E-state index contributed by atoms with van der Waals surface area (Å²) in [5.74, 6) is 0.445. The van der Waals surface area contributed by atoms with Crippen LogP contribution in [0.1, 0.15) is 35.6 Å². The Morgan fingerprint density at radius 1 is 1.32 bits per heavy atom. The first-order chi connectivity index (χ1) is 16.5. The number of pyridine rings is 1. The Labute approximate surface area is 195 Å². The number of aromatic nitrogens is 1. The second-order valence-corrected chi connectivity index (χ2v) is 7.67. The van der Waals surface area contributed by atoms with Crippen LogP contribution in [0.5, 0.6) is 5.75 Å². The largest absolute Gasteiger partial charge is 0.483 e. The van der Waals surface area contributed by atoms with Gasteiger partial charge in [-0.2, -0.15) is 10.5 Å². The maximum Gasteiger partial charge on any atom is 0.258 e. The Bertz CT molecular complexity index is 1210. The topological polar surface area (TPSA) is 196 Å². The Hall–Kier alpha value is -4.55. The SMILES string of the molecule is N#CNC1=NC(c2ccccc2OCC(=O)NCC2CCCO2)c2c(nc(N)c(C#N)c2N)N1. The number of benzene rings is 1. The number of nitriles is 2. The average molecular weight is 461 g/mol. The normalized spacial score (nSPS) is 18.5. The van der Waals surface area contributed by atoms with Crippen LogP contribution in [-0.2, 0) is 9.53 Å². The molecule has 12 heteroatoms. The van der Waals surface area contributed by atoms with Gasteiger partial charge in [0.1, 0.15) is 35.1 Å². The van der Waals surface area contributed by atoms with Gasteiger partial charge in [0.15, 0.2) is 12.8 Å². The molecule has 1 aromatic carbocycles. The summed E-state index contributed by atoms with van der Waals surface area (Å²) in [4.78, 5) is 21.1. The van der Waals surface area contributed by atoms with Crippen molar-refractivity contribution in [3.05, 3.63) is 41.0 Å². The lowest BCUT2D eigenvalue weighted by Gasteiger charge is -2.27. The van der Waals surface area contributed by atoms with Crippen molar-refractivity contribution in [3.63, 3.8) is 0 Å². The van der Waals surface area contributed by atoms with Crippen LogP contribution in [0.3, 0.4) is 0 Å². The minimum absolute atomic E-state index is 0.0279. The molecule has 1 amide bonds. The first-order valence-corrected chi connectivity index (χ1v) is 10.6. The maximum atomic E-state index is 12.3. The molecular formula is C22H23N9O3. The number of amides is 1. The van der Waals surface area contributed by atoms with E-state index in [1.54, 1.807) is 30.5 Å². The Kier molecular flexibility index (Phi) is 6.62. The number of carbonyl (C=O) groups excluding carboxylic acids is 1. The van der Waals surface area contributed by atoms with Gasteiger partial charge in [0.2, 0.25) is 5.96 Å². The van der Waals surface area contributed by atoms with Crippen LogP contribution in [0.4, 0.5) is 17.3 Å². The van der Waals surface area contributed by atoms with E-state index in [1.165, 1.54) is 0 Å². The number of nitrogens with two attached hydrogens (primary N) is 2. The molecule has 1 fully saturated rings. The summed E-state index contributed by atoms with van der Waals surface area (Å²) in [6, 6.07) is 8.18. The molecule has 0 radical (unpaired) electrons. The highest BCUT2D eigenvalue weighted by Gasteiger charge is 2.31. The zero-order chi connectivity index (χ0) is 24.1. The van der Waals surface area contributed by atoms with Gasteiger partial charge in [0, 0.05) is 24.3 Å². The molecule has 1 aromatic heterocycles. The summed E-state index contributed by atoms with van der Waals surface area (Å²) in [7, 11) is 0. The summed E-state index contributed by atoms with van der Waals surface area (Å²) in [5, 5.41) is 26.7. The molecule has 2 aliphatic rings. The fourth-order valence-corrected chi connectivity index (χ4v) is 3.87. The highest BCUT2D eigenvalue weighted by molar-refractivity contribution is 5.98. The van der Waals surface area contributed by atoms with Crippen molar-refractivity contribution in [1.82, 2.24) is 15.6 Å². The van der Waals surface area contributed by atoms with Gasteiger partial charge in [-0.1, -0.05) is 18.2 Å². The predicted molar refractivity (Wildman–Crippen MR) is 123 cm³/mol. The number of hydrogen-bond acceptors (Lipinski definition) is 11. The van der Waals surface area contributed by atoms with Crippen molar-refractivity contribution in [3.8, 4) is 18.0 Å². The molecule has 174 valence electrons. The number of nitrogen functional groups attached to an aromatic ring is 2. The van der Waals surface area contributed by atoms with E-state index in [-0.39, 0.29) is 47.5 Å². The Morgan fingerprint density at radius 3 is 2.88 bits per heavy atom. The van der Waals surface area contributed by atoms with Crippen LogP contribution in [0, 0.1) is 22.8 Å². The summed E-state index contributed by atoms with van der Waals surface area (Å²) in [6.07, 6.45) is 3.74. The fourth-order valence-electron chi connectivity index (χ4n) is 3.87. The number of anilines is 3. The van der Waals surface area contributed by atoms with Gasteiger partial charge in [0.05, 0.1) is 11.8 Å². The van der Waals surface area contributed by atoms with Gasteiger partial charge in [0.25, 0.3) is 5.91 Å². The lowest BCUT2D eigenvalue weighted by molar-refractivity contribution is -0.123. The van der Waals surface area contributed by atoms with Crippen molar-refractivity contribution >= 4 is 29.2 Å². The smallest absolute Gasteiger partial charge is 0.258 e. The third-order valence-electron chi connectivity index (χ3n) is 5.48. The first-order valence-electron chi connectivity index (χ1n) is 10.6. The quantitative estimate of drug-likeness (QED) is 0.302. The van der Waals surface area contributed by atoms with Crippen LogP contribution >= 0.6 is 0 Å². The molecule has 0 spiro atoms. The van der Waals surface area contributed by atoms with Crippen LogP contribution < -0.4 is 32.2 Å². The zero-order valence-electron chi connectivity index (χ0n) is 18.2. The molecule has 7 N–H and O–H groups in total. The molecule has 12 nitrogen and oxygen atoms in total. The third kappa shape index (κ3) is 4.62. The van der Waals surface area contributed by atoms with E-state index in [9.17, 15) is 10.1 Å². The molecule has 3 heterocycles. The van der Waals surface area contributed by atoms with E-state index in [2.05, 4.69) is 25.9 Å². The number of nitrogens with one attached hydrogen (secondary N) is 3. The van der Waals surface area contributed by atoms with Crippen LogP contribution in [0.15, 0.2) is 29.3 Å². The zero-order valence-corrected chi connectivity index (χ0v) is 18.2. The molecule has 34 heavy (non-hydrogen) atoms. The van der Waals surface area contributed by atoms with E-state index in [4.69, 9.17) is 26.2 Å². The van der Waals surface area contributed by atoms with Gasteiger partial charge in [-0.15, -0.1) is 0 Å². The van der Waals surface area contributed by atoms with Crippen molar-refractivity contribution in [2.45, 2.75) is 25.0 Å². The van der Waals surface area contributed by atoms with Gasteiger partial charge in [-0.05, 0) is 18.9 Å². The van der Waals surface area contributed by atoms with E-state index in [0.717, 1.165) is 12.8 Å². The van der Waals surface area contributed by atoms with E-state index in [1.807, 2.05) is 6.07 Å². The maximum absolute atomic E-state index is 12.3. The molecular weight excluding hydrogens is 438 g/mol. The fraction of sp³-hybridized carbons (Fsp3) is 0.318. The average Bonchev–Trinajstić information content (AvgIpc) is 3.35. The highest BCUT2D eigenvalue weighted by Crippen LogP contribution is 2.43. The molecule has 2 atom stereocenters. The molecule has 0 bridgehead atoms. The van der Waals surface area contributed by atoms with Crippen LogP contribution in [-0.4, -0.2) is 42.7 Å². The van der Waals surface area contributed by atoms with Crippen molar-refractivity contribution in [1.29, 1.82) is 10.5 Å². The van der Waals surface area contributed by atoms with Crippen molar-refractivity contribution < 1.29 is 14.3 Å². The minimum atomic E-state index is -0.779. The second-order valence-electron chi connectivity index (χ2n) is 7.67. The number of rotatable bonds is 6. The van der Waals surface area contributed by atoms with Gasteiger partial charge >= 0.3 is 0 Å². The number of guanidine groups is 1. The molecule has 1 saturated heterocycles. The number of fused-ring (bicyclic) bond motifs is 1. The van der Waals surface area contributed by atoms with Crippen LogP contribution in [0.25, 0.3) is 0 Å². The summed E-state index contributed by atoms with van der Waals surface area (Å²) >= 11 is 0. The summed E-state index contributed by atoms with van der Waals surface area (Å²) in [5.41, 5.74) is 13.3. The Balaban J connectivity index is 1.62. The summed E-state index contributed by atoms with van der Waals surface area (Å²) < 4.78 is 11.3. The van der Waals surface area contributed by atoms with Gasteiger partial charge in [-0.25, -0.2) is 9.98 Å². The number of aliphatic imine (C=N–C) groups is 1. The van der Waals surface area contributed by atoms with Crippen molar-refractivity contribution in [2.75, 3.05) is 36.5 Å². The molecule has 0 saturated carbocycles. The minimum Gasteiger partial charge on any atom is -0.483 e. The third-order valence-corrected chi connectivity index (χ3v) is 5.48. The molecule has 2 unspecified atom stereocenters. The van der Waals surface area contributed by atoms with E-state index >= 15 is 0 Å². The van der Waals surface area contributed by atoms with E-state index < -0.39 is 6.04 Å². The van der Waals surface area contributed by atoms with Crippen LogP contribution in [0.2, 0.25) is 0 Å². The monoisotopic (exact) mass is 461 g/mol. The van der Waals surface area contributed by atoms with Gasteiger partial charge in [-0.3, -0.25) is 10.1 Å². The molecule has 0 aliphatic carbocycles. The summed E-state index contributed by atoms with van der Waals surface area (Å²) in [6.45, 7) is 0.926. The van der Waals surface area contributed by atoms with Crippen molar-refractivity contribution in [2.24, 2.45) is 4.99 Å². The first kappa shape index (κ1) is 22.6.